The summed E-state index contributed by atoms with van der Waals surface area (Å²) in [5, 5.41) is 11.4. The van der Waals surface area contributed by atoms with Crippen molar-refractivity contribution in [3.63, 3.8) is 0 Å². The molecule has 8 nitrogen and oxygen atoms in total. The van der Waals surface area contributed by atoms with Gasteiger partial charge in [0.05, 0.1) is 6.04 Å². The molecular weight excluding hydrogens is 206 g/mol. The molecule has 2 atom stereocenters. The molecule has 0 unspecified atom stereocenters. The third kappa shape index (κ3) is 1.71. The van der Waals surface area contributed by atoms with Gasteiger partial charge in [0.15, 0.2) is 0 Å². The van der Waals surface area contributed by atoms with Crippen molar-refractivity contribution in [3.8, 4) is 0 Å². The van der Waals surface area contributed by atoms with Crippen LogP contribution in [0.4, 0.5) is 0 Å². The van der Waals surface area contributed by atoms with Crippen LogP contribution in [0.25, 0.3) is 0 Å². The molecule has 1 fully saturated rings. The molecular formula is C7H9N3O5. The maximum Gasteiger partial charge on any atom is 0.440 e. The number of carboxylic acid groups (broad SMARTS) is 1. The predicted molar refractivity (Wildman–Crippen MR) is 46.7 cm³/mol. The topological polar surface area (TPSA) is 117 Å². The lowest BCUT2D eigenvalue weighted by atomic mass is 10.2. The number of aromatic amines is 1. The van der Waals surface area contributed by atoms with E-state index >= 15 is 0 Å². The molecule has 3 N–H and O–H groups in total. The molecule has 0 bridgehead atoms. The second kappa shape index (κ2) is 3.39. The molecule has 0 saturated carbocycles. The number of nitrogens with zero attached hydrogens (tertiary/aromatic N) is 1. The number of carboxylic acids is 1. The lowest BCUT2D eigenvalue weighted by molar-refractivity contribution is -0.139. The second-order valence-electron chi connectivity index (χ2n) is 3.32. The van der Waals surface area contributed by atoms with Crippen molar-refractivity contribution in [1.29, 1.82) is 0 Å². The Labute approximate surface area is 82.5 Å². The van der Waals surface area contributed by atoms with Crippen LogP contribution in [0.5, 0.6) is 0 Å². The van der Waals surface area contributed by atoms with E-state index in [4.69, 9.17) is 5.11 Å². The van der Waals surface area contributed by atoms with Gasteiger partial charge in [0, 0.05) is 6.54 Å². The number of rotatable bonds is 2. The maximum absolute atomic E-state index is 11.1. The summed E-state index contributed by atoms with van der Waals surface area (Å²) in [5.41, 5.74) is -0.655. The fourth-order valence-corrected chi connectivity index (χ4v) is 1.62. The van der Waals surface area contributed by atoms with Crippen LogP contribution in [0.15, 0.2) is 14.1 Å². The monoisotopic (exact) mass is 215 g/mol. The van der Waals surface area contributed by atoms with Crippen molar-refractivity contribution in [2.45, 2.75) is 18.5 Å². The quantitative estimate of drug-likeness (QED) is 0.531. The van der Waals surface area contributed by atoms with Gasteiger partial charge in [-0.15, -0.1) is 4.74 Å². The van der Waals surface area contributed by atoms with Crippen molar-refractivity contribution < 1.29 is 14.4 Å². The minimum Gasteiger partial charge on any atom is -0.480 e. The van der Waals surface area contributed by atoms with E-state index in [1.165, 1.54) is 0 Å². The summed E-state index contributed by atoms with van der Waals surface area (Å²) in [6.45, 7) is 0.289. The third-order valence-corrected chi connectivity index (χ3v) is 2.33. The van der Waals surface area contributed by atoms with E-state index in [1.54, 1.807) is 0 Å². The molecule has 82 valence electrons. The number of H-pyrrole nitrogens is 1. The van der Waals surface area contributed by atoms with Gasteiger partial charge < -0.3 is 14.9 Å². The lowest BCUT2D eigenvalue weighted by Crippen LogP contribution is -2.30. The van der Waals surface area contributed by atoms with Gasteiger partial charge in [0.1, 0.15) is 6.04 Å². The third-order valence-electron chi connectivity index (χ3n) is 2.33. The Morgan fingerprint density at radius 3 is 2.73 bits per heavy atom. The molecule has 1 aromatic rings. The summed E-state index contributed by atoms with van der Waals surface area (Å²) in [5.74, 6) is -1.82. The van der Waals surface area contributed by atoms with Gasteiger partial charge in [-0.2, -0.15) is 0 Å². The molecule has 1 saturated heterocycles. The zero-order valence-corrected chi connectivity index (χ0v) is 7.60. The van der Waals surface area contributed by atoms with Crippen molar-refractivity contribution in [3.05, 3.63) is 21.0 Å². The minimum absolute atomic E-state index is 0.218. The van der Waals surface area contributed by atoms with Gasteiger partial charge in [-0.1, -0.05) is 0 Å². The van der Waals surface area contributed by atoms with Gasteiger partial charge in [-0.05, 0) is 6.42 Å². The molecule has 0 aliphatic carbocycles. The first-order valence-electron chi connectivity index (χ1n) is 4.36. The van der Waals surface area contributed by atoms with E-state index < -0.39 is 29.5 Å². The van der Waals surface area contributed by atoms with Crippen molar-refractivity contribution in [2.24, 2.45) is 0 Å². The average molecular weight is 215 g/mol. The first-order chi connectivity index (χ1) is 7.08. The Balaban J connectivity index is 2.21. The van der Waals surface area contributed by atoms with Crippen molar-refractivity contribution >= 4 is 5.97 Å². The van der Waals surface area contributed by atoms with Crippen LogP contribution < -0.4 is 16.8 Å². The van der Waals surface area contributed by atoms with E-state index in [0.717, 1.165) is 4.74 Å². The highest BCUT2D eigenvalue weighted by atomic mass is 16.5. The summed E-state index contributed by atoms with van der Waals surface area (Å²) in [6, 6.07) is -1.14. The number of hydrogen-bond donors (Lipinski definition) is 3. The smallest absolute Gasteiger partial charge is 0.440 e. The highest BCUT2D eigenvalue weighted by molar-refractivity contribution is 5.73. The van der Waals surface area contributed by atoms with Crippen LogP contribution in [0, 0.1) is 0 Å². The van der Waals surface area contributed by atoms with E-state index in [0.29, 0.717) is 0 Å². The van der Waals surface area contributed by atoms with Crippen LogP contribution >= 0.6 is 0 Å². The SMILES string of the molecule is O=C(O)[C@@H]1C[C@H](n2oc(=O)[nH]c2=O)CN1. The molecule has 1 aliphatic heterocycles. The van der Waals surface area contributed by atoms with Crippen LogP contribution in [-0.2, 0) is 4.79 Å². The molecule has 0 aromatic carbocycles. The van der Waals surface area contributed by atoms with Gasteiger partial charge in [0.25, 0.3) is 0 Å². The van der Waals surface area contributed by atoms with Crippen molar-refractivity contribution in [2.75, 3.05) is 6.54 Å². The summed E-state index contributed by atoms with van der Waals surface area (Å²) in [4.78, 5) is 34.4. The molecule has 1 aliphatic rings. The first-order valence-corrected chi connectivity index (χ1v) is 4.36. The molecule has 15 heavy (non-hydrogen) atoms. The van der Waals surface area contributed by atoms with Crippen LogP contribution in [0.1, 0.15) is 12.5 Å². The number of carbonyl (C=O) groups is 1. The minimum atomic E-state index is -0.983. The van der Waals surface area contributed by atoms with Gasteiger partial charge in [0.2, 0.25) is 0 Å². The normalized spacial score (nSPS) is 25.6. The fourth-order valence-electron chi connectivity index (χ4n) is 1.62. The molecule has 8 heteroatoms. The molecule has 0 radical (unpaired) electrons. The van der Waals surface area contributed by atoms with Crippen molar-refractivity contribution in [1.82, 2.24) is 15.0 Å². The largest absolute Gasteiger partial charge is 0.480 e. The number of aliphatic carboxylic acids is 1. The van der Waals surface area contributed by atoms with Gasteiger partial charge in [-0.3, -0.25) is 4.79 Å². The van der Waals surface area contributed by atoms with Crippen LogP contribution in [0.3, 0.4) is 0 Å². The standard InChI is InChI=1S/C7H9N3O5/c11-5(12)4-1-3(2-8-4)10-6(13)9-7(14)15-10/h3-4,8H,1-2H2,(H,11,12)(H,9,13,14)/t3-,4-/m0/s1. The zero-order valence-electron chi connectivity index (χ0n) is 7.60. The summed E-state index contributed by atoms with van der Waals surface area (Å²) >= 11 is 0. The van der Waals surface area contributed by atoms with E-state index in [-0.39, 0.29) is 13.0 Å². The molecule has 2 rings (SSSR count). The van der Waals surface area contributed by atoms with Gasteiger partial charge in [-0.25, -0.2) is 14.6 Å². The number of nitrogens with one attached hydrogen (secondary N) is 2. The molecule has 0 spiro atoms. The molecule has 0 amide bonds. The Morgan fingerprint density at radius 2 is 2.27 bits per heavy atom. The number of aromatic nitrogens is 2. The Morgan fingerprint density at radius 1 is 1.53 bits per heavy atom. The fraction of sp³-hybridized carbons (Fsp3) is 0.571. The second-order valence-corrected chi connectivity index (χ2v) is 3.32. The lowest BCUT2D eigenvalue weighted by Gasteiger charge is -2.04. The highest BCUT2D eigenvalue weighted by Gasteiger charge is 2.32. The van der Waals surface area contributed by atoms with E-state index in [1.807, 2.05) is 4.98 Å². The zero-order chi connectivity index (χ0) is 11.0. The van der Waals surface area contributed by atoms with Crippen LogP contribution in [-0.4, -0.2) is 33.4 Å². The highest BCUT2D eigenvalue weighted by Crippen LogP contribution is 2.17. The van der Waals surface area contributed by atoms with E-state index in [2.05, 4.69) is 9.84 Å². The predicted octanol–water partition coefficient (Wildman–Crippen LogP) is -1.88. The maximum atomic E-state index is 11.1. The summed E-state index contributed by atoms with van der Waals surface area (Å²) < 4.78 is 5.46. The molecule has 1 aromatic heterocycles. The van der Waals surface area contributed by atoms with Crippen LogP contribution in [0.2, 0.25) is 0 Å². The number of hydrogen-bond acceptors (Lipinski definition) is 5. The molecule has 2 heterocycles. The Kier molecular flexibility index (Phi) is 2.19. The first kappa shape index (κ1) is 9.71. The van der Waals surface area contributed by atoms with E-state index in [9.17, 15) is 14.4 Å². The van der Waals surface area contributed by atoms with Gasteiger partial charge >= 0.3 is 17.4 Å². The Hall–Kier alpha value is -1.83. The Bertz CT molecular complexity index is 483. The summed E-state index contributed by atoms with van der Waals surface area (Å²) in [7, 11) is 0. The summed E-state index contributed by atoms with van der Waals surface area (Å²) in [6.07, 6.45) is 0.218. The average Bonchev–Trinajstić information content (AvgIpc) is 2.71.